The molecule has 0 saturated heterocycles. The topological polar surface area (TPSA) is 79.1 Å². The van der Waals surface area contributed by atoms with E-state index in [2.05, 4.69) is 11.6 Å². The van der Waals surface area contributed by atoms with Crippen molar-refractivity contribution in [2.75, 3.05) is 0 Å². The summed E-state index contributed by atoms with van der Waals surface area (Å²) in [6, 6.07) is 6.95. The van der Waals surface area contributed by atoms with Gasteiger partial charge in [0, 0.05) is 28.4 Å². The number of nitrogens with two attached hydrogens (primary N) is 1. The molecule has 4 nitrogen and oxygen atoms in total. The van der Waals surface area contributed by atoms with E-state index in [4.69, 9.17) is 10.8 Å². The smallest absolute Gasteiger partial charge is 0.320 e. The molecule has 2 rings (SSSR count). The molecule has 0 saturated carbocycles. The minimum Gasteiger partial charge on any atom is -0.480 e. The minimum atomic E-state index is -0.988. The van der Waals surface area contributed by atoms with Crippen LogP contribution in [-0.4, -0.2) is 22.1 Å². The summed E-state index contributed by atoms with van der Waals surface area (Å²) < 4.78 is 0. The number of para-hydroxylation sites is 1. The zero-order valence-corrected chi connectivity index (χ0v) is 11.8. The van der Waals surface area contributed by atoms with E-state index in [1.165, 1.54) is 0 Å². The Kier molecular flexibility index (Phi) is 3.68. The van der Waals surface area contributed by atoms with Gasteiger partial charge in [-0.3, -0.25) is 4.79 Å². The average Bonchev–Trinajstić information content (AvgIpc) is 2.78. The van der Waals surface area contributed by atoms with Crippen LogP contribution in [0.1, 0.15) is 25.1 Å². The monoisotopic (exact) mass is 272 g/mol. The summed E-state index contributed by atoms with van der Waals surface area (Å²) in [7, 11) is 0. The molecule has 106 valence electrons. The van der Waals surface area contributed by atoms with E-state index in [-0.39, 0.29) is 5.41 Å². The Balaban J connectivity index is 2.62. The first-order chi connectivity index (χ1) is 9.36. The fourth-order valence-electron chi connectivity index (χ4n) is 2.37. The van der Waals surface area contributed by atoms with Crippen molar-refractivity contribution in [3.63, 3.8) is 0 Å². The Hall–Kier alpha value is -2.07. The molecule has 0 fully saturated rings. The average molecular weight is 272 g/mol. The van der Waals surface area contributed by atoms with Gasteiger partial charge in [-0.1, -0.05) is 38.1 Å². The Bertz CT molecular complexity index is 656. The van der Waals surface area contributed by atoms with E-state index < -0.39 is 12.0 Å². The van der Waals surface area contributed by atoms with Gasteiger partial charge in [-0.25, -0.2) is 0 Å². The van der Waals surface area contributed by atoms with Gasteiger partial charge in [-0.05, 0) is 11.6 Å². The van der Waals surface area contributed by atoms with Gasteiger partial charge < -0.3 is 15.8 Å². The molecule has 4 heteroatoms. The molecule has 2 aromatic rings. The Morgan fingerprint density at radius 2 is 2.15 bits per heavy atom. The number of hydrogen-bond acceptors (Lipinski definition) is 2. The second kappa shape index (κ2) is 5.13. The van der Waals surface area contributed by atoms with Crippen LogP contribution in [0.2, 0.25) is 0 Å². The first-order valence-corrected chi connectivity index (χ1v) is 6.59. The van der Waals surface area contributed by atoms with E-state index >= 15 is 0 Å². The Labute approximate surface area is 118 Å². The third-order valence-corrected chi connectivity index (χ3v) is 3.71. The van der Waals surface area contributed by atoms with Crippen LogP contribution < -0.4 is 5.73 Å². The van der Waals surface area contributed by atoms with Gasteiger partial charge >= 0.3 is 5.97 Å². The molecule has 1 atom stereocenters. The molecule has 0 spiro atoms. The largest absolute Gasteiger partial charge is 0.480 e. The van der Waals surface area contributed by atoms with Gasteiger partial charge in [0.15, 0.2) is 0 Å². The molecule has 1 heterocycles. The summed E-state index contributed by atoms with van der Waals surface area (Å²) in [6.45, 7) is 7.95. The van der Waals surface area contributed by atoms with Crippen molar-refractivity contribution in [1.82, 2.24) is 4.98 Å². The predicted molar refractivity (Wildman–Crippen MR) is 80.8 cm³/mol. The van der Waals surface area contributed by atoms with Crippen LogP contribution >= 0.6 is 0 Å². The van der Waals surface area contributed by atoms with Gasteiger partial charge in [0.05, 0.1) is 0 Å². The van der Waals surface area contributed by atoms with Crippen LogP contribution in [0.25, 0.3) is 10.9 Å². The van der Waals surface area contributed by atoms with Crippen LogP contribution in [0.5, 0.6) is 0 Å². The molecule has 0 bridgehead atoms. The molecule has 0 unspecified atom stereocenters. The number of aromatic amines is 1. The van der Waals surface area contributed by atoms with E-state index in [0.29, 0.717) is 6.42 Å². The minimum absolute atomic E-state index is 0.271. The van der Waals surface area contributed by atoms with E-state index in [9.17, 15) is 4.79 Å². The highest BCUT2D eigenvalue weighted by Crippen LogP contribution is 2.33. The number of aromatic nitrogens is 1. The third-order valence-electron chi connectivity index (χ3n) is 3.71. The van der Waals surface area contributed by atoms with Gasteiger partial charge in [-0.2, -0.15) is 0 Å². The molecule has 1 aromatic heterocycles. The van der Waals surface area contributed by atoms with Gasteiger partial charge in [-0.15, -0.1) is 6.58 Å². The van der Waals surface area contributed by atoms with Crippen LogP contribution in [0.15, 0.2) is 36.9 Å². The van der Waals surface area contributed by atoms with Crippen molar-refractivity contribution in [1.29, 1.82) is 0 Å². The number of rotatable bonds is 5. The fraction of sp³-hybridized carbons (Fsp3) is 0.312. The lowest BCUT2D eigenvalue weighted by Crippen LogP contribution is -2.33. The van der Waals surface area contributed by atoms with Crippen molar-refractivity contribution < 1.29 is 9.90 Å². The highest BCUT2D eigenvalue weighted by Gasteiger charge is 2.26. The zero-order chi connectivity index (χ0) is 14.9. The lowest BCUT2D eigenvalue weighted by molar-refractivity contribution is -0.138. The maximum absolute atomic E-state index is 11.0. The second-order valence-corrected chi connectivity index (χ2v) is 5.60. The standard InChI is InChI=1S/C16H20N2O2/c1-4-16(2,3)14-11(9-12(17)15(19)20)10-7-5-6-8-13(10)18-14/h4-8,12,18H,1,9,17H2,2-3H3,(H,19,20)/t12-/m0/s1. The lowest BCUT2D eigenvalue weighted by Gasteiger charge is -2.21. The summed E-state index contributed by atoms with van der Waals surface area (Å²) >= 11 is 0. The van der Waals surface area contributed by atoms with Crippen molar-refractivity contribution in [3.8, 4) is 0 Å². The predicted octanol–water partition coefficient (Wildman–Crippen LogP) is 2.59. The Morgan fingerprint density at radius 1 is 1.50 bits per heavy atom. The number of benzene rings is 1. The summed E-state index contributed by atoms with van der Waals surface area (Å²) in [5.41, 5.74) is 8.37. The first kappa shape index (κ1) is 14.3. The normalized spacial score (nSPS) is 13.3. The van der Waals surface area contributed by atoms with Crippen LogP contribution in [-0.2, 0) is 16.6 Å². The van der Waals surface area contributed by atoms with Crippen LogP contribution in [0, 0.1) is 0 Å². The van der Waals surface area contributed by atoms with Crippen molar-refractivity contribution in [2.45, 2.75) is 31.7 Å². The highest BCUT2D eigenvalue weighted by atomic mass is 16.4. The molecule has 0 aliphatic heterocycles. The molecular weight excluding hydrogens is 252 g/mol. The van der Waals surface area contributed by atoms with Crippen molar-refractivity contribution >= 4 is 16.9 Å². The zero-order valence-electron chi connectivity index (χ0n) is 11.8. The number of H-pyrrole nitrogens is 1. The number of allylic oxidation sites excluding steroid dienone is 1. The number of carboxylic acids is 1. The molecule has 4 N–H and O–H groups in total. The van der Waals surface area contributed by atoms with Crippen LogP contribution in [0.4, 0.5) is 0 Å². The molecular formula is C16H20N2O2. The summed E-state index contributed by atoms with van der Waals surface area (Å²) in [4.78, 5) is 14.4. The SMILES string of the molecule is C=CC(C)(C)c1[nH]c2ccccc2c1C[C@H](N)C(=O)O. The number of carboxylic acid groups (broad SMARTS) is 1. The molecule has 0 amide bonds. The maximum atomic E-state index is 11.0. The molecule has 1 aromatic carbocycles. The number of carbonyl (C=O) groups is 1. The first-order valence-electron chi connectivity index (χ1n) is 6.59. The van der Waals surface area contributed by atoms with Crippen molar-refractivity contribution in [2.24, 2.45) is 5.73 Å². The van der Waals surface area contributed by atoms with Gasteiger partial charge in [0.1, 0.15) is 6.04 Å². The second-order valence-electron chi connectivity index (χ2n) is 5.60. The summed E-state index contributed by atoms with van der Waals surface area (Å²) in [6.07, 6.45) is 2.15. The van der Waals surface area contributed by atoms with Gasteiger partial charge in [0.25, 0.3) is 0 Å². The van der Waals surface area contributed by atoms with Gasteiger partial charge in [0.2, 0.25) is 0 Å². The maximum Gasteiger partial charge on any atom is 0.320 e. The number of aliphatic carboxylic acids is 1. The van der Waals surface area contributed by atoms with E-state index in [1.54, 1.807) is 0 Å². The molecule has 0 radical (unpaired) electrons. The molecule has 0 aliphatic rings. The molecule has 20 heavy (non-hydrogen) atoms. The number of fused-ring (bicyclic) bond motifs is 1. The molecule has 0 aliphatic carbocycles. The number of hydrogen-bond donors (Lipinski definition) is 3. The number of nitrogens with one attached hydrogen (secondary N) is 1. The summed E-state index contributed by atoms with van der Waals surface area (Å²) in [5, 5.41) is 10.1. The fourth-order valence-corrected chi connectivity index (χ4v) is 2.37. The van der Waals surface area contributed by atoms with E-state index in [0.717, 1.165) is 22.2 Å². The lowest BCUT2D eigenvalue weighted by atomic mass is 9.85. The third kappa shape index (κ3) is 2.47. The van der Waals surface area contributed by atoms with Crippen molar-refractivity contribution in [3.05, 3.63) is 48.2 Å². The highest BCUT2D eigenvalue weighted by molar-refractivity contribution is 5.86. The van der Waals surface area contributed by atoms with E-state index in [1.807, 2.05) is 44.2 Å². The van der Waals surface area contributed by atoms with Crippen LogP contribution in [0.3, 0.4) is 0 Å². The summed E-state index contributed by atoms with van der Waals surface area (Å²) in [5.74, 6) is -0.988. The Morgan fingerprint density at radius 3 is 2.75 bits per heavy atom. The quantitative estimate of drug-likeness (QED) is 0.732.